The third-order valence-electron chi connectivity index (χ3n) is 4.74. The minimum absolute atomic E-state index is 0.127. The number of amides is 1. The first-order valence-corrected chi connectivity index (χ1v) is 7.49. The lowest BCUT2D eigenvalue weighted by atomic mass is 10.00. The molecule has 1 heterocycles. The minimum Gasteiger partial charge on any atom is -0.393 e. The summed E-state index contributed by atoms with van der Waals surface area (Å²) in [4.78, 5) is 14.2. The van der Waals surface area contributed by atoms with Crippen molar-refractivity contribution in [1.29, 1.82) is 0 Å². The van der Waals surface area contributed by atoms with Crippen LogP contribution in [0.5, 0.6) is 0 Å². The number of hydrogen-bond donors (Lipinski definition) is 2. The fourth-order valence-corrected chi connectivity index (χ4v) is 3.58. The van der Waals surface area contributed by atoms with Gasteiger partial charge in [0, 0.05) is 24.7 Å². The van der Waals surface area contributed by atoms with Gasteiger partial charge >= 0.3 is 0 Å². The third-order valence-corrected chi connectivity index (χ3v) is 4.74. The highest BCUT2D eigenvalue weighted by Gasteiger charge is 2.41. The number of halogens is 1. The van der Waals surface area contributed by atoms with Gasteiger partial charge in [0.25, 0.3) is 0 Å². The van der Waals surface area contributed by atoms with Crippen LogP contribution in [0.15, 0.2) is 18.2 Å². The van der Waals surface area contributed by atoms with Crippen LogP contribution in [0.25, 0.3) is 0 Å². The fraction of sp³-hybridized carbons (Fsp3) is 0.562. The average molecular weight is 292 g/mol. The summed E-state index contributed by atoms with van der Waals surface area (Å²) in [6, 6.07) is 4.38. The molecule has 4 nitrogen and oxygen atoms in total. The Balaban J connectivity index is 1.57. The second kappa shape index (κ2) is 5.73. The van der Waals surface area contributed by atoms with Gasteiger partial charge in [-0.3, -0.25) is 9.69 Å². The number of hydrogen-bond acceptors (Lipinski definition) is 3. The summed E-state index contributed by atoms with van der Waals surface area (Å²) >= 11 is 0. The molecule has 21 heavy (non-hydrogen) atoms. The highest BCUT2D eigenvalue weighted by atomic mass is 19.1. The third kappa shape index (κ3) is 3.09. The molecule has 3 rings (SSSR count). The van der Waals surface area contributed by atoms with E-state index in [-0.39, 0.29) is 17.8 Å². The van der Waals surface area contributed by atoms with Gasteiger partial charge in [-0.25, -0.2) is 4.39 Å². The van der Waals surface area contributed by atoms with Gasteiger partial charge in [-0.2, -0.15) is 0 Å². The summed E-state index contributed by atoms with van der Waals surface area (Å²) < 4.78 is 13.2. The van der Waals surface area contributed by atoms with Crippen LogP contribution >= 0.6 is 0 Å². The van der Waals surface area contributed by atoms with Gasteiger partial charge < -0.3 is 10.4 Å². The largest absolute Gasteiger partial charge is 0.393 e. The molecule has 0 spiro atoms. The van der Waals surface area contributed by atoms with E-state index in [1.165, 1.54) is 12.1 Å². The molecule has 1 amide bonds. The quantitative estimate of drug-likeness (QED) is 0.893. The van der Waals surface area contributed by atoms with Crippen molar-refractivity contribution in [2.75, 3.05) is 25.0 Å². The number of carbonyl (C=O) groups excluding carboxylic acids is 1. The van der Waals surface area contributed by atoms with Crippen molar-refractivity contribution < 1.29 is 14.3 Å². The summed E-state index contributed by atoms with van der Waals surface area (Å²) in [6.45, 7) is 3.79. The van der Waals surface area contributed by atoms with Gasteiger partial charge in [-0.05, 0) is 43.4 Å². The molecule has 1 aliphatic heterocycles. The Hall–Kier alpha value is -1.46. The molecule has 2 aliphatic rings. The average Bonchev–Trinajstić information content (AvgIpc) is 2.96. The second-order valence-corrected chi connectivity index (χ2v) is 6.27. The molecular formula is C16H21FN2O2. The number of nitrogens with zero attached hydrogens (tertiary/aromatic N) is 1. The van der Waals surface area contributed by atoms with Crippen molar-refractivity contribution in [3.8, 4) is 0 Å². The van der Waals surface area contributed by atoms with E-state index < -0.39 is 0 Å². The first-order valence-electron chi connectivity index (χ1n) is 7.49. The SMILES string of the molecule is Cc1ccc(F)cc1NC(=O)CN1CC2CCC(O)C2C1. The number of nitrogens with one attached hydrogen (secondary N) is 1. The van der Waals surface area contributed by atoms with E-state index in [1.807, 2.05) is 6.92 Å². The van der Waals surface area contributed by atoms with Gasteiger partial charge in [0.05, 0.1) is 12.6 Å². The molecule has 3 unspecified atom stereocenters. The Bertz CT molecular complexity index is 549. The summed E-state index contributed by atoms with van der Waals surface area (Å²) in [5, 5.41) is 12.7. The molecule has 2 N–H and O–H groups in total. The van der Waals surface area contributed by atoms with Crippen molar-refractivity contribution in [3.05, 3.63) is 29.6 Å². The van der Waals surface area contributed by atoms with Crippen LogP contribution in [0.1, 0.15) is 18.4 Å². The molecule has 2 fully saturated rings. The molecule has 1 aliphatic carbocycles. The number of benzene rings is 1. The van der Waals surface area contributed by atoms with Crippen LogP contribution in [0, 0.1) is 24.6 Å². The normalized spacial score (nSPS) is 28.6. The molecule has 0 aromatic heterocycles. The molecule has 1 saturated heterocycles. The fourth-order valence-electron chi connectivity index (χ4n) is 3.58. The lowest BCUT2D eigenvalue weighted by molar-refractivity contribution is -0.117. The zero-order chi connectivity index (χ0) is 15.0. The zero-order valence-corrected chi connectivity index (χ0v) is 12.2. The van der Waals surface area contributed by atoms with Gasteiger partial charge in [-0.15, -0.1) is 0 Å². The number of likely N-dealkylation sites (tertiary alicyclic amines) is 1. The molecule has 0 radical (unpaired) electrons. The minimum atomic E-state index is -0.352. The van der Waals surface area contributed by atoms with Crippen molar-refractivity contribution >= 4 is 11.6 Å². The molecule has 1 aromatic carbocycles. The standard InChI is InChI=1S/C16H21FN2O2/c1-10-2-4-12(17)6-14(10)18-16(21)9-19-7-11-3-5-15(20)13(11)8-19/h2,4,6,11,13,15,20H,3,5,7-9H2,1H3,(H,18,21). The van der Waals surface area contributed by atoms with Gasteiger partial charge in [0.15, 0.2) is 0 Å². The van der Waals surface area contributed by atoms with Crippen molar-refractivity contribution in [2.24, 2.45) is 11.8 Å². The molecule has 114 valence electrons. The van der Waals surface area contributed by atoms with Crippen LogP contribution in [0.2, 0.25) is 0 Å². The second-order valence-electron chi connectivity index (χ2n) is 6.27. The van der Waals surface area contributed by atoms with Gasteiger partial charge in [0.2, 0.25) is 5.91 Å². The van der Waals surface area contributed by atoms with E-state index in [0.29, 0.717) is 24.1 Å². The van der Waals surface area contributed by atoms with Gasteiger partial charge in [0.1, 0.15) is 5.82 Å². The first-order chi connectivity index (χ1) is 10.0. The maximum Gasteiger partial charge on any atom is 0.238 e. The lowest BCUT2D eigenvalue weighted by Crippen LogP contribution is -2.33. The predicted octanol–water partition coefficient (Wildman–Crippen LogP) is 1.78. The summed E-state index contributed by atoms with van der Waals surface area (Å²) in [5.41, 5.74) is 1.37. The van der Waals surface area contributed by atoms with Crippen LogP contribution in [0.4, 0.5) is 10.1 Å². The van der Waals surface area contributed by atoms with Crippen LogP contribution in [-0.4, -0.2) is 41.7 Å². The molecule has 1 aromatic rings. The van der Waals surface area contributed by atoms with E-state index in [9.17, 15) is 14.3 Å². The van der Waals surface area contributed by atoms with Crippen LogP contribution < -0.4 is 5.32 Å². The Morgan fingerprint density at radius 2 is 2.24 bits per heavy atom. The maximum atomic E-state index is 13.2. The van der Waals surface area contributed by atoms with Crippen LogP contribution in [0.3, 0.4) is 0 Å². The summed E-state index contributed by atoms with van der Waals surface area (Å²) in [6.07, 6.45) is 1.72. The highest BCUT2D eigenvalue weighted by Crippen LogP contribution is 2.37. The van der Waals surface area contributed by atoms with E-state index in [2.05, 4.69) is 10.2 Å². The summed E-state index contributed by atoms with van der Waals surface area (Å²) in [5.74, 6) is 0.352. The number of aliphatic hydroxyl groups excluding tert-OH is 1. The Labute approximate surface area is 124 Å². The Kier molecular flexibility index (Phi) is 3.95. The molecule has 0 bridgehead atoms. The topological polar surface area (TPSA) is 52.6 Å². The molecule has 5 heteroatoms. The number of fused-ring (bicyclic) bond motifs is 1. The zero-order valence-electron chi connectivity index (χ0n) is 12.2. The number of anilines is 1. The van der Waals surface area contributed by atoms with Crippen molar-refractivity contribution in [2.45, 2.75) is 25.9 Å². The Morgan fingerprint density at radius 3 is 3.00 bits per heavy atom. The first kappa shape index (κ1) is 14.5. The van der Waals surface area contributed by atoms with E-state index in [0.717, 1.165) is 31.5 Å². The molecule has 3 atom stereocenters. The monoisotopic (exact) mass is 292 g/mol. The van der Waals surface area contributed by atoms with Crippen molar-refractivity contribution in [3.63, 3.8) is 0 Å². The van der Waals surface area contributed by atoms with E-state index in [4.69, 9.17) is 0 Å². The number of rotatable bonds is 3. The van der Waals surface area contributed by atoms with E-state index >= 15 is 0 Å². The number of aryl methyl sites for hydroxylation is 1. The molecular weight excluding hydrogens is 271 g/mol. The number of aliphatic hydroxyl groups is 1. The molecule has 1 saturated carbocycles. The van der Waals surface area contributed by atoms with Crippen molar-refractivity contribution in [1.82, 2.24) is 4.90 Å². The Morgan fingerprint density at radius 1 is 1.43 bits per heavy atom. The highest BCUT2D eigenvalue weighted by molar-refractivity contribution is 5.93. The number of carbonyl (C=O) groups is 1. The maximum absolute atomic E-state index is 13.2. The lowest BCUT2D eigenvalue weighted by Gasteiger charge is -2.18. The van der Waals surface area contributed by atoms with Gasteiger partial charge in [-0.1, -0.05) is 6.07 Å². The van der Waals surface area contributed by atoms with Crippen LogP contribution in [-0.2, 0) is 4.79 Å². The smallest absolute Gasteiger partial charge is 0.238 e. The van der Waals surface area contributed by atoms with E-state index in [1.54, 1.807) is 6.07 Å². The predicted molar refractivity (Wildman–Crippen MR) is 78.4 cm³/mol. The summed E-state index contributed by atoms with van der Waals surface area (Å²) in [7, 11) is 0.